The molecule has 1 aromatic rings. The minimum Gasteiger partial charge on any atom is -0.385 e. The largest absolute Gasteiger partial charge is 0.385 e. The topological polar surface area (TPSA) is 62.7 Å². The summed E-state index contributed by atoms with van der Waals surface area (Å²) in [4.78, 5) is 32.8. The van der Waals surface area contributed by atoms with E-state index in [0.29, 0.717) is 19.4 Å². The second kappa shape index (κ2) is 7.95. The van der Waals surface area contributed by atoms with Gasteiger partial charge in [0.1, 0.15) is 0 Å². The monoisotopic (exact) mass is 345 g/mol. The minimum absolute atomic E-state index is 0.0647. The van der Waals surface area contributed by atoms with Crippen LogP contribution in [0.5, 0.6) is 0 Å². The highest BCUT2D eigenvalue weighted by Crippen LogP contribution is 2.41. The van der Waals surface area contributed by atoms with E-state index >= 15 is 0 Å². The first-order chi connectivity index (χ1) is 12.1. The minimum atomic E-state index is 0.0647. The van der Waals surface area contributed by atoms with E-state index in [0.717, 1.165) is 51.0 Å². The molecule has 136 valence electrons. The lowest BCUT2D eigenvalue weighted by Gasteiger charge is -2.39. The van der Waals surface area contributed by atoms with Gasteiger partial charge >= 0.3 is 0 Å². The predicted molar refractivity (Wildman–Crippen MR) is 93.9 cm³/mol. The first-order valence-corrected chi connectivity index (χ1v) is 9.05. The smallest absolute Gasteiger partial charge is 0.227 e. The Morgan fingerprint density at radius 3 is 2.84 bits per heavy atom. The number of ether oxygens (including phenoxy) is 1. The maximum absolute atomic E-state index is 12.5. The Balaban J connectivity index is 1.50. The van der Waals surface area contributed by atoms with Gasteiger partial charge in [0, 0.05) is 64.1 Å². The van der Waals surface area contributed by atoms with Crippen LogP contribution in [0.4, 0.5) is 0 Å². The van der Waals surface area contributed by atoms with Crippen molar-refractivity contribution in [2.24, 2.45) is 5.41 Å². The Labute approximate surface area is 149 Å². The number of carbonyl (C=O) groups is 2. The van der Waals surface area contributed by atoms with Gasteiger partial charge in [0.25, 0.3) is 0 Å². The molecule has 0 aliphatic carbocycles. The van der Waals surface area contributed by atoms with Crippen LogP contribution >= 0.6 is 0 Å². The molecule has 0 atom stereocenters. The Morgan fingerprint density at radius 1 is 1.36 bits per heavy atom. The third kappa shape index (κ3) is 4.37. The second-order valence-corrected chi connectivity index (χ2v) is 7.26. The van der Waals surface area contributed by atoms with E-state index in [4.69, 9.17) is 4.74 Å². The normalized spacial score (nSPS) is 19.6. The summed E-state index contributed by atoms with van der Waals surface area (Å²) in [5.41, 5.74) is 1.02. The molecule has 2 saturated heterocycles. The second-order valence-electron chi connectivity index (χ2n) is 7.26. The van der Waals surface area contributed by atoms with Gasteiger partial charge in [-0.2, -0.15) is 0 Å². The fourth-order valence-electron chi connectivity index (χ4n) is 3.94. The van der Waals surface area contributed by atoms with Gasteiger partial charge in [-0.25, -0.2) is 0 Å². The number of piperidine rings is 1. The summed E-state index contributed by atoms with van der Waals surface area (Å²) in [5, 5.41) is 0. The summed E-state index contributed by atoms with van der Waals surface area (Å²) in [6, 6.07) is 3.79. The van der Waals surface area contributed by atoms with E-state index in [9.17, 15) is 9.59 Å². The fraction of sp³-hybridized carbons (Fsp3) is 0.632. The first-order valence-electron chi connectivity index (χ1n) is 9.05. The highest BCUT2D eigenvalue weighted by molar-refractivity contribution is 5.80. The van der Waals surface area contributed by atoms with E-state index in [2.05, 4.69) is 4.98 Å². The molecule has 2 amide bonds. The first kappa shape index (κ1) is 17.9. The average molecular weight is 345 g/mol. The maximum atomic E-state index is 12.5. The summed E-state index contributed by atoms with van der Waals surface area (Å²) < 4.78 is 5.08. The molecule has 2 aliphatic heterocycles. The summed E-state index contributed by atoms with van der Waals surface area (Å²) in [6.07, 6.45) is 7.21. The van der Waals surface area contributed by atoms with Crippen LogP contribution in [-0.4, -0.2) is 66.5 Å². The number of hydrogen-bond donors (Lipinski definition) is 0. The molecule has 3 rings (SSSR count). The molecule has 0 saturated carbocycles. The SMILES string of the molecule is COCCCN1CC2(CCN(C(=O)Cc3cccnc3)CC2)CC1=O. The van der Waals surface area contributed by atoms with Gasteiger partial charge in [0.2, 0.25) is 11.8 Å². The number of hydrogen-bond acceptors (Lipinski definition) is 4. The third-order valence-corrected chi connectivity index (χ3v) is 5.44. The number of carbonyl (C=O) groups excluding carboxylic acids is 2. The lowest BCUT2D eigenvalue weighted by atomic mass is 9.77. The number of methoxy groups -OCH3 is 1. The van der Waals surface area contributed by atoms with Crippen molar-refractivity contribution in [3.8, 4) is 0 Å². The molecular formula is C19H27N3O3. The lowest BCUT2D eigenvalue weighted by molar-refractivity contribution is -0.132. The molecule has 0 N–H and O–H groups in total. The average Bonchev–Trinajstić information content (AvgIpc) is 2.92. The maximum Gasteiger partial charge on any atom is 0.227 e. The highest BCUT2D eigenvalue weighted by atomic mass is 16.5. The van der Waals surface area contributed by atoms with Gasteiger partial charge in [-0.15, -0.1) is 0 Å². The van der Waals surface area contributed by atoms with Gasteiger partial charge in [-0.3, -0.25) is 14.6 Å². The van der Waals surface area contributed by atoms with Gasteiger partial charge < -0.3 is 14.5 Å². The van der Waals surface area contributed by atoms with Crippen molar-refractivity contribution in [2.75, 3.05) is 39.9 Å². The molecule has 1 aromatic heterocycles. The molecule has 1 spiro atoms. The van der Waals surface area contributed by atoms with Crippen LogP contribution in [0, 0.1) is 5.41 Å². The Kier molecular flexibility index (Phi) is 5.68. The molecular weight excluding hydrogens is 318 g/mol. The fourth-order valence-corrected chi connectivity index (χ4v) is 3.94. The molecule has 0 aromatic carbocycles. The van der Waals surface area contributed by atoms with Crippen molar-refractivity contribution >= 4 is 11.8 Å². The van der Waals surface area contributed by atoms with E-state index in [1.54, 1.807) is 19.5 Å². The Bertz CT molecular complexity index is 597. The van der Waals surface area contributed by atoms with Gasteiger partial charge in [0.05, 0.1) is 6.42 Å². The molecule has 0 bridgehead atoms. The molecule has 2 aliphatic rings. The van der Waals surface area contributed by atoms with Crippen LogP contribution in [0.1, 0.15) is 31.2 Å². The van der Waals surface area contributed by atoms with E-state index in [1.165, 1.54) is 0 Å². The Hall–Kier alpha value is -1.95. The van der Waals surface area contributed by atoms with Crippen molar-refractivity contribution in [2.45, 2.75) is 32.1 Å². The van der Waals surface area contributed by atoms with Crippen molar-refractivity contribution in [1.29, 1.82) is 0 Å². The number of nitrogens with zero attached hydrogens (tertiary/aromatic N) is 3. The van der Waals surface area contributed by atoms with Gasteiger partial charge in [-0.1, -0.05) is 6.07 Å². The van der Waals surface area contributed by atoms with Crippen LogP contribution in [-0.2, 0) is 20.7 Å². The number of aromatic nitrogens is 1. The zero-order valence-electron chi connectivity index (χ0n) is 14.9. The standard InChI is InChI=1S/C19H27N3O3/c1-25-11-3-8-22-15-19(13-18(22)24)5-9-21(10-6-19)17(23)12-16-4-2-7-20-14-16/h2,4,7,14H,3,5-6,8-13,15H2,1H3. The summed E-state index contributed by atoms with van der Waals surface area (Å²) in [7, 11) is 1.69. The third-order valence-electron chi connectivity index (χ3n) is 5.44. The number of amides is 2. The number of rotatable bonds is 6. The molecule has 25 heavy (non-hydrogen) atoms. The summed E-state index contributed by atoms with van der Waals surface area (Å²) >= 11 is 0. The van der Waals surface area contributed by atoms with Crippen LogP contribution < -0.4 is 0 Å². The summed E-state index contributed by atoms with van der Waals surface area (Å²) in [6.45, 7) is 3.79. The van der Waals surface area contributed by atoms with Crippen molar-refractivity contribution < 1.29 is 14.3 Å². The molecule has 3 heterocycles. The van der Waals surface area contributed by atoms with E-state index in [1.807, 2.05) is 21.9 Å². The summed E-state index contributed by atoms with van der Waals surface area (Å²) in [5.74, 6) is 0.412. The zero-order valence-corrected chi connectivity index (χ0v) is 14.9. The van der Waals surface area contributed by atoms with Gasteiger partial charge in [-0.05, 0) is 30.9 Å². The lowest BCUT2D eigenvalue weighted by Crippen LogP contribution is -2.44. The highest BCUT2D eigenvalue weighted by Gasteiger charge is 2.45. The van der Waals surface area contributed by atoms with Crippen LogP contribution in [0.3, 0.4) is 0 Å². The molecule has 6 heteroatoms. The number of pyridine rings is 1. The molecule has 6 nitrogen and oxygen atoms in total. The quantitative estimate of drug-likeness (QED) is 0.733. The zero-order chi connectivity index (χ0) is 17.7. The van der Waals surface area contributed by atoms with E-state index < -0.39 is 0 Å². The van der Waals surface area contributed by atoms with Crippen molar-refractivity contribution in [1.82, 2.24) is 14.8 Å². The molecule has 2 fully saturated rings. The number of likely N-dealkylation sites (tertiary alicyclic amines) is 2. The predicted octanol–water partition coefficient (Wildman–Crippen LogP) is 1.50. The Morgan fingerprint density at radius 2 is 2.16 bits per heavy atom. The van der Waals surface area contributed by atoms with Crippen LogP contribution in [0.25, 0.3) is 0 Å². The van der Waals surface area contributed by atoms with Crippen LogP contribution in [0.15, 0.2) is 24.5 Å². The van der Waals surface area contributed by atoms with Gasteiger partial charge in [0.15, 0.2) is 0 Å². The molecule has 0 radical (unpaired) electrons. The molecule has 0 unspecified atom stereocenters. The van der Waals surface area contributed by atoms with Crippen molar-refractivity contribution in [3.05, 3.63) is 30.1 Å². The van der Waals surface area contributed by atoms with Crippen molar-refractivity contribution in [3.63, 3.8) is 0 Å². The van der Waals surface area contributed by atoms with Crippen LogP contribution in [0.2, 0.25) is 0 Å². The van der Waals surface area contributed by atoms with E-state index in [-0.39, 0.29) is 17.2 Å².